The van der Waals surface area contributed by atoms with Gasteiger partial charge in [-0.1, -0.05) is 30.3 Å². The second-order valence-corrected chi connectivity index (χ2v) is 8.21. The minimum absolute atomic E-state index is 0.00547. The summed E-state index contributed by atoms with van der Waals surface area (Å²) in [7, 11) is 1.58. The Bertz CT molecular complexity index is 834. The summed E-state index contributed by atoms with van der Waals surface area (Å²) in [4.78, 5) is 27.0. The molecular formula is C25H31NO4. The van der Waals surface area contributed by atoms with E-state index in [0.717, 1.165) is 25.7 Å². The lowest BCUT2D eigenvalue weighted by Gasteiger charge is -2.42. The summed E-state index contributed by atoms with van der Waals surface area (Å²) in [6.45, 7) is 1.34. The topological polar surface area (TPSA) is 66.8 Å². The largest absolute Gasteiger partial charge is 0.497 e. The number of aliphatic hydroxyl groups is 1. The molecule has 5 nitrogen and oxygen atoms in total. The second kappa shape index (κ2) is 10.4. The number of methoxy groups -OCH3 is 1. The van der Waals surface area contributed by atoms with Gasteiger partial charge in [-0.25, -0.2) is 0 Å². The number of hydrogen-bond donors (Lipinski definition) is 1. The number of nitrogens with zero attached hydrogens (tertiary/aromatic N) is 1. The van der Waals surface area contributed by atoms with Crippen LogP contribution in [0.4, 0.5) is 0 Å². The normalized spacial score (nSPS) is 18.8. The van der Waals surface area contributed by atoms with Gasteiger partial charge in [-0.15, -0.1) is 0 Å². The first-order valence-electron chi connectivity index (χ1n) is 10.6. The Balaban J connectivity index is 1.54. The molecule has 3 rings (SSSR count). The molecule has 5 heteroatoms. The molecule has 1 N–H and O–H groups in total. The molecule has 160 valence electrons. The molecule has 0 aliphatic carbocycles. The Kier molecular flexibility index (Phi) is 7.63. The number of piperidine rings is 1. The molecule has 1 aliphatic heterocycles. The number of rotatable bonds is 9. The van der Waals surface area contributed by atoms with Crippen molar-refractivity contribution in [1.29, 1.82) is 0 Å². The van der Waals surface area contributed by atoms with Crippen molar-refractivity contribution >= 4 is 11.7 Å². The lowest BCUT2D eigenvalue weighted by Crippen LogP contribution is -2.48. The maximum absolute atomic E-state index is 12.8. The van der Waals surface area contributed by atoms with Crippen molar-refractivity contribution in [2.24, 2.45) is 5.41 Å². The van der Waals surface area contributed by atoms with Gasteiger partial charge in [-0.2, -0.15) is 0 Å². The Morgan fingerprint density at radius 2 is 1.80 bits per heavy atom. The van der Waals surface area contributed by atoms with Crippen LogP contribution in [0.15, 0.2) is 54.6 Å². The third-order valence-corrected chi connectivity index (χ3v) is 6.11. The fraction of sp³-hybridized carbons (Fsp3) is 0.440. The molecule has 0 aromatic heterocycles. The Hall–Kier alpha value is -2.66. The van der Waals surface area contributed by atoms with Crippen LogP contribution in [0.2, 0.25) is 0 Å². The number of carbonyl (C=O) groups excluding carboxylic acids is 2. The number of ether oxygens (including phenoxy) is 1. The van der Waals surface area contributed by atoms with Gasteiger partial charge in [0.15, 0.2) is 5.78 Å². The van der Waals surface area contributed by atoms with Crippen LogP contribution in [0.5, 0.6) is 5.75 Å². The molecule has 0 spiro atoms. The predicted octanol–water partition coefficient (Wildman–Crippen LogP) is 3.89. The number of aliphatic hydroxyl groups excluding tert-OH is 1. The molecular weight excluding hydrogens is 378 g/mol. The number of benzene rings is 2. The standard InChI is InChI=1S/C25H31NO4/c1-30-22-10-8-21(9-11-22)23(28)12-13-24(29)26-17-5-15-25(18-26,19-27)16-14-20-6-3-2-4-7-20/h2-4,6-11,27H,5,12-19H2,1H3. The maximum atomic E-state index is 12.8. The summed E-state index contributed by atoms with van der Waals surface area (Å²) in [5.74, 6) is 0.654. The highest BCUT2D eigenvalue weighted by Gasteiger charge is 2.36. The molecule has 30 heavy (non-hydrogen) atoms. The van der Waals surface area contributed by atoms with Crippen molar-refractivity contribution in [1.82, 2.24) is 4.90 Å². The van der Waals surface area contributed by atoms with Gasteiger partial charge in [0, 0.05) is 36.9 Å². The third-order valence-electron chi connectivity index (χ3n) is 6.11. The molecule has 1 heterocycles. The van der Waals surface area contributed by atoms with Crippen LogP contribution in [0, 0.1) is 5.41 Å². The molecule has 2 aromatic rings. The summed E-state index contributed by atoms with van der Waals surface area (Å²) < 4.78 is 5.11. The van der Waals surface area contributed by atoms with E-state index in [2.05, 4.69) is 12.1 Å². The van der Waals surface area contributed by atoms with E-state index in [4.69, 9.17) is 4.74 Å². The number of carbonyl (C=O) groups is 2. The zero-order chi connectivity index (χ0) is 21.4. The number of hydrogen-bond acceptors (Lipinski definition) is 4. The Labute approximate surface area is 178 Å². The monoisotopic (exact) mass is 409 g/mol. The van der Waals surface area contributed by atoms with Crippen molar-refractivity contribution in [3.05, 3.63) is 65.7 Å². The van der Waals surface area contributed by atoms with E-state index in [1.165, 1.54) is 5.56 Å². The van der Waals surface area contributed by atoms with E-state index < -0.39 is 0 Å². The van der Waals surface area contributed by atoms with Gasteiger partial charge in [-0.05, 0) is 55.5 Å². The van der Waals surface area contributed by atoms with Crippen LogP contribution in [-0.4, -0.2) is 48.5 Å². The molecule has 1 atom stereocenters. The van der Waals surface area contributed by atoms with Crippen LogP contribution in [0.3, 0.4) is 0 Å². The number of aryl methyl sites for hydroxylation is 1. The summed E-state index contributed by atoms with van der Waals surface area (Å²) in [5, 5.41) is 10.1. The van der Waals surface area contributed by atoms with Gasteiger partial charge < -0.3 is 14.7 Å². The molecule has 1 unspecified atom stereocenters. The van der Waals surface area contributed by atoms with E-state index >= 15 is 0 Å². The van der Waals surface area contributed by atoms with Crippen molar-refractivity contribution in [3.8, 4) is 5.75 Å². The van der Waals surface area contributed by atoms with Crippen LogP contribution in [0.1, 0.15) is 48.0 Å². The molecule has 0 saturated carbocycles. The van der Waals surface area contributed by atoms with E-state index in [1.54, 1.807) is 31.4 Å². The van der Waals surface area contributed by atoms with Crippen molar-refractivity contribution in [3.63, 3.8) is 0 Å². The fourth-order valence-corrected chi connectivity index (χ4v) is 4.19. The highest BCUT2D eigenvalue weighted by atomic mass is 16.5. The van der Waals surface area contributed by atoms with Gasteiger partial charge in [0.1, 0.15) is 5.75 Å². The molecule has 1 saturated heterocycles. The molecule has 0 bridgehead atoms. The highest BCUT2D eigenvalue weighted by Crippen LogP contribution is 2.34. The Morgan fingerprint density at radius 3 is 2.47 bits per heavy atom. The van der Waals surface area contributed by atoms with E-state index in [1.807, 2.05) is 23.1 Å². The molecule has 1 aliphatic rings. The summed E-state index contributed by atoms with van der Waals surface area (Å²) in [6.07, 6.45) is 3.93. The van der Waals surface area contributed by atoms with Gasteiger partial charge in [0.05, 0.1) is 13.7 Å². The Morgan fingerprint density at radius 1 is 1.07 bits per heavy atom. The number of ketones is 1. The molecule has 2 aromatic carbocycles. The molecule has 1 fully saturated rings. The van der Waals surface area contributed by atoms with Crippen molar-refractivity contribution in [2.45, 2.75) is 38.5 Å². The number of amides is 1. The first kappa shape index (κ1) is 22.0. The zero-order valence-electron chi connectivity index (χ0n) is 17.7. The predicted molar refractivity (Wildman–Crippen MR) is 117 cm³/mol. The van der Waals surface area contributed by atoms with Gasteiger partial charge in [-0.3, -0.25) is 9.59 Å². The summed E-state index contributed by atoms with van der Waals surface area (Å²) in [5.41, 5.74) is 1.58. The summed E-state index contributed by atoms with van der Waals surface area (Å²) >= 11 is 0. The first-order chi connectivity index (χ1) is 14.5. The highest BCUT2D eigenvalue weighted by molar-refractivity contribution is 5.98. The van der Waals surface area contributed by atoms with Crippen LogP contribution < -0.4 is 4.74 Å². The minimum atomic E-state index is -0.260. The SMILES string of the molecule is COc1ccc(C(=O)CCC(=O)N2CCCC(CO)(CCc3ccccc3)C2)cc1. The smallest absolute Gasteiger partial charge is 0.223 e. The quantitative estimate of drug-likeness (QED) is 0.638. The molecule has 0 radical (unpaired) electrons. The maximum Gasteiger partial charge on any atom is 0.223 e. The fourth-order valence-electron chi connectivity index (χ4n) is 4.19. The van der Waals surface area contributed by atoms with Crippen LogP contribution >= 0.6 is 0 Å². The third kappa shape index (κ3) is 5.70. The number of likely N-dealkylation sites (tertiary alicyclic amines) is 1. The first-order valence-corrected chi connectivity index (χ1v) is 10.6. The second-order valence-electron chi connectivity index (χ2n) is 8.21. The van der Waals surface area contributed by atoms with Crippen molar-refractivity contribution in [2.75, 3.05) is 26.8 Å². The minimum Gasteiger partial charge on any atom is -0.497 e. The van der Waals surface area contributed by atoms with Gasteiger partial charge in [0.25, 0.3) is 0 Å². The van der Waals surface area contributed by atoms with E-state index in [0.29, 0.717) is 24.4 Å². The lowest BCUT2D eigenvalue weighted by molar-refractivity contribution is -0.135. The molecule has 1 amide bonds. The van der Waals surface area contributed by atoms with E-state index in [-0.39, 0.29) is 36.6 Å². The van der Waals surface area contributed by atoms with Gasteiger partial charge >= 0.3 is 0 Å². The van der Waals surface area contributed by atoms with Crippen LogP contribution in [0.25, 0.3) is 0 Å². The average molecular weight is 410 g/mol. The van der Waals surface area contributed by atoms with Gasteiger partial charge in [0.2, 0.25) is 5.91 Å². The number of Topliss-reactive ketones (excluding diaryl/α,β-unsaturated/α-hetero) is 1. The summed E-state index contributed by atoms with van der Waals surface area (Å²) in [6, 6.07) is 17.2. The zero-order valence-corrected chi connectivity index (χ0v) is 17.7. The van der Waals surface area contributed by atoms with E-state index in [9.17, 15) is 14.7 Å². The lowest BCUT2D eigenvalue weighted by atomic mass is 9.76. The van der Waals surface area contributed by atoms with Crippen LogP contribution in [-0.2, 0) is 11.2 Å². The average Bonchev–Trinajstić information content (AvgIpc) is 2.82. The van der Waals surface area contributed by atoms with Crippen molar-refractivity contribution < 1.29 is 19.4 Å².